The molecular weight excluding hydrogens is 188 g/mol. The summed E-state index contributed by atoms with van der Waals surface area (Å²) in [4.78, 5) is 2.52. The van der Waals surface area contributed by atoms with E-state index in [1.165, 1.54) is 45.2 Å². The van der Waals surface area contributed by atoms with E-state index in [9.17, 15) is 0 Å². The lowest BCUT2D eigenvalue weighted by Crippen LogP contribution is -2.37. The minimum atomic E-state index is 0.813. The minimum Gasteiger partial charge on any atom is -0.380 e. The molecule has 2 fully saturated rings. The second-order valence-electron chi connectivity index (χ2n) is 4.74. The molecule has 0 aromatic rings. The molecule has 1 aliphatic carbocycles. The summed E-state index contributed by atoms with van der Waals surface area (Å²) >= 11 is 0. The summed E-state index contributed by atoms with van der Waals surface area (Å²) in [6.45, 7) is 6.55. The maximum Gasteiger partial charge on any atom is 0.0593 e. The molecule has 0 aromatic carbocycles. The summed E-state index contributed by atoms with van der Waals surface area (Å²) in [6.07, 6.45) is 6.83. The first-order valence-electron chi connectivity index (χ1n) is 6.48. The Morgan fingerprint density at radius 3 is 2.80 bits per heavy atom. The van der Waals surface area contributed by atoms with E-state index >= 15 is 0 Å². The Bertz CT molecular complexity index is 161. The van der Waals surface area contributed by atoms with Crippen molar-refractivity contribution in [3.63, 3.8) is 0 Å². The largest absolute Gasteiger partial charge is 0.380 e. The van der Waals surface area contributed by atoms with Gasteiger partial charge in [0.25, 0.3) is 0 Å². The third kappa shape index (κ3) is 4.09. The molecule has 88 valence electrons. The molecule has 3 nitrogen and oxygen atoms in total. The molecule has 2 aliphatic rings. The Hall–Kier alpha value is -0.120. The Morgan fingerprint density at radius 2 is 1.93 bits per heavy atom. The average Bonchev–Trinajstić information content (AvgIpc) is 2.62. The molecule has 1 heterocycles. The van der Waals surface area contributed by atoms with E-state index in [2.05, 4.69) is 10.2 Å². The Balaban J connectivity index is 1.55. The van der Waals surface area contributed by atoms with Crippen molar-refractivity contribution in [1.82, 2.24) is 10.2 Å². The molecular formula is C12H24N2O. The van der Waals surface area contributed by atoms with Crippen molar-refractivity contribution >= 4 is 0 Å². The molecule has 2 rings (SSSR count). The van der Waals surface area contributed by atoms with Crippen LogP contribution >= 0.6 is 0 Å². The van der Waals surface area contributed by atoms with E-state index < -0.39 is 0 Å². The van der Waals surface area contributed by atoms with Gasteiger partial charge in [-0.15, -0.1) is 0 Å². The van der Waals surface area contributed by atoms with Crippen molar-refractivity contribution in [1.29, 1.82) is 0 Å². The predicted octanol–water partition coefficient (Wildman–Crippen LogP) is 1.24. The van der Waals surface area contributed by atoms with Gasteiger partial charge in [0.15, 0.2) is 0 Å². The number of nitrogens with zero attached hydrogens (tertiary/aromatic N) is 1. The fourth-order valence-corrected chi connectivity index (χ4v) is 2.58. The van der Waals surface area contributed by atoms with Crippen LogP contribution < -0.4 is 5.32 Å². The summed E-state index contributed by atoms with van der Waals surface area (Å²) < 4.78 is 5.44. The first-order chi connectivity index (χ1) is 7.45. The number of nitrogens with one attached hydrogen (secondary N) is 1. The van der Waals surface area contributed by atoms with Gasteiger partial charge in [0.05, 0.1) is 6.61 Å². The highest BCUT2D eigenvalue weighted by Crippen LogP contribution is 2.17. The van der Waals surface area contributed by atoms with Crippen molar-refractivity contribution in [3.8, 4) is 0 Å². The van der Waals surface area contributed by atoms with Gasteiger partial charge in [-0.2, -0.15) is 0 Å². The number of hydrogen-bond donors (Lipinski definition) is 1. The Kier molecular flexibility index (Phi) is 4.90. The van der Waals surface area contributed by atoms with Gasteiger partial charge in [0.1, 0.15) is 0 Å². The molecule has 0 amide bonds. The van der Waals surface area contributed by atoms with Gasteiger partial charge in [-0.05, 0) is 19.3 Å². The Labute approximate surface area is 93.2 Å². The molecule has 3 heteroatoms. The van der Waals surface area contributed by atoms with Crippen molar-refractivity contribution in [3.05, 3.63) is 0 Å². The summed E-state index contributed by atoms with van der Waals surface area (Å²) in [7, 11) is 0. The molecule has 0 spiro atoms. The highest BCUT2D eigenvalue weighted by atomic mass is 16.5. The maximum atomic E-state index is 5.44. The third-order valence-corrected chi connectivity index (χ3v) is 3.53. The van der Waals surface area contributed by atoms with Gasteiger partial charge in [0.2, 0.25) is 0 Å². The van der Waals surface area contributed by atoms with E-state index in [1.54, 1.807) is 0 Å². The third-order valence-electron chi connectivity index (χ3n) is 3.53. The van der Waals surface area contributed by atoms with Crippen molar-refractivity contribution in [2.24, 2.45) is 0 Å². The maximum absolute atomic E-state index is 5.44. The zero-order chi connectivity index (χ0) is 10.3. The van der Waals surface area contributed by atoms with Crippen LogP contribution in [0.25, 0.3) is 0 Å². The number of ether oxygens (including phenoxy) is 1. The lowest BCUT2D eigenvalue weighted by Gasteiger charge is -2.20. The van der Waals surface area contributed by atoms with Gasteiger partial charge in [0, 0.05) is 38.8 Å². The van der Waals surface area contributed by atoms with Crippen molar-refractivity contribution in [2.75, 3.05) is 39.4 Å². The van der Waals surface area contributed by atoms with Gasteiger partial charge >= 0.3 is 0 Å². The fraction of sp³-hybridized carbons (Fsp3) is 1.00. The second-order valence-corrected chi connectivity index (χ2v) is 4.74. The topological polar surface area (TPSA) is 24.5 Å². The monoisotopic (exact) mass is 212 g/mol. The smallest absolute Gasteiger partial charge is 0.0593 e. The zero-order valence-electron chi connectivity index (χ0n) is 9.71. The second kappa shape index (κ2) is 6.46. The van der Waals surface area contributed by atoms with Crippen LogP contribution in [-0.4, -0.2) is 50.3 Å². The molecule has 0 atom stereocenters. The first kappa shape index (κ1) is 11.4. The van der Waals surface area contributed by atoms with E-state index in [0.29, 0.717) is 0 Å². The van der Waals surface area contributed by atoms with Crippen LogP contribution in [0.4, 0.5) is 0 Å². The van der Waals surface area contributed by atoms with E-state index in [4.69, 9.17) is 4.74 Å². The molecule has 15 heavy (non-hydrogen) atoms. The number of rotatable bonds is 4. The van der Waals surface area contributed by atoms with Crippen LogP contribution in [0.15, 0.2) is 0 Å². The molecule has 0 bridgehead atoms. The van der Waals surface area contributed by atoms with Crippen LogP contribution in [0.2, 0.25) is 0 Å². The van der Waals surface area contributed by atoms with Crippen LogP contribution in [-0.2, 0) is 4.74 Å². The number of hydrogen-bond acceptors (Lipinski definition) is 3. The molecule has 1 N–H and O–H groups in total. The summed E-state index contributed by atoms with van der Waals surface area (Å²) in [5.41, 5.74) is 0. The van der Waals surface area contributed by atoms with Gasteiger partial charge in [-0.1, -0.05) is 12.8 Å². The van der Waals surface area contributed by atoms with Crippen LogP contribution in [0.5, 0.6) is 0 Å². The SMILES string of the molecule is C1CCC(NCCN2CCCOCC2)C1. The van der Waals surface area contributed by atoms with Crippen LogP contribution in [0.1, 0.15) is 32.1 Å². The molecule has 0 aromatic heterocycles. The minimum absolute atomic E-state index is 0.813. The quantitative estimate of drug-likeness (QED) is 0.759. The van der Waals surface area contributed by atoms with Gasteiger partial charge in [-0.3, -0.25) is 4.90 Å². The van der Waals surface area contributed by atoms with Crippen LogP contribution in [0.3, 0.4) is 0 Å². The molecule has 0 radical (unpaired) electrons. The zero-order valence-corrected chi connectivity index (χ0v) is 9.71. The lowest BCUT2D eigenvalue weighted by molar-refractivity contribution is 0.141. The van der Waals surface area contributed by atoms with Crippen molar-refractivity contribution in [2.45, 2.75) is 38.1 Å². The summed E-state index contributed by atoms with van der Waals surface area (Å²) in [6, 6.07) is 0.813. The fourth-order valence-electron chi connectivity index (χ4n) is 2.58. The first-order valence-corrected chi connectivity index (χ1v) is 6.48. The normalized spacial score (nSPS) is 25.6. The molecule has 1 saturated carbocycles. The van der Waals surface area contributed by atoms with Gasteiger partial charge in [-0.25, -0.2) is 0 Å². The van der Waals surface area contributed by atoms with E-state index in [1.807, 2.05) is 0 Å². The highest BCUT2D eigenvalue weighted by molar-refractivity contribution is 4.74. The summed E-state index contributed by atoms with van der Waals surface area (Å²) in [5.74, 6) is 0. The van der Waals surface area contributed by atoms with Crippen LogP contribution in [0, 0.1) is 0 Å². The lowest BCUT2D eigenvalue weighted by atomic mass is 10.2. The Morgan fingerprint density at radius 1 is 1.07 bits per heavy atom. The van der Waals surface area contributed by atoms with Gasteiger partial charge < -0.3 is 10.1 Å². The van der Waals surface area contributed by atoms with E-state index in [0.717, 1.165) is 32.3 Å². The summed E-state index contributed by atoms with van der Waals surface area (Å²) in [5, 5.41) is 3.67. The molecule has 1 saturated heterocycles. The predicted molar refractivity (Wildman–Crippen MR) is 62.1 cm³/mol. The molecule has 0 unspecified atom stereocenters. The standard InChI is InChI=1S/C12H24N2O/c1-2-5-12(4-1)13-6-8-14-7-3-10-15-11-9-14/h12-13H,1-11H2. The van der Waals surface area contributed by atoms with Crippen molar-refractivity contribution < 1.29 is 4.74 Å². The average molecular weight is 212 g/mol. The molecule has 1 aliphatic heterocycles. The van der Waals surface area contributed by atoms with E-state index in [-0.39, 0.29) is 0 Å². The highest BCUT2D eigenvalue weighted by Gasteiger charge is 2.14.